The molecule has 4 heteroatoms. The Morgan fingerprint density at radius 1 is 1.33 bits per heavy atom. The van der Waals surface area contributed by atoms with Crippen LogP contribution in [0.25, 0.3) is 11.1 Å². The molecule has 2 heterocycles. The van der Waals surface area contributed by atoms with Crippen molar-refractivity contribution >= 4 is 5.78 Å². The molecule has 0 spiro atoms. The van der Waals surface area contributed by atoms with Gasteiger partial charge in [0.25, 0.3) is 5.56 Å². The van der Waals surface area contributed by atoms with Crippen LogP contribution in [0.5, 0.6) is 0 Å². The van der Waals surface area contributed by atoms with E-state index < -0.39 is 0 Å². The van der Waals surface area contributed by atoms with Gasteiger partial charge in [0.2, 0.25) is 0 Å². The highest BCUT2D eigenvalue weighted by molar-refractivity contribution is 5.96. The lowest BCUT2D eigenvalue weighted by Gasteiger charge is -2.11. The van der Waals surface area contributed by atoms with Gasteiger partial charge in [-0.1, -0.05) is 12.1 Å². The number of carbonyl (C=O) groups excluding carboxylic acids is 1. The van der Waals surface area contributed by atoms with E-state index in [-0.39, 0.29) is 11.3 Å². The van der Waals surface area contributed by atoms with Crippen molar-refractivity contribution in [3.63, 3.8) is 0 Å². The number of rotatable bonds is 2. The van der Waals surface area contributed by atoms with Crippen LogP contribution in [-0.4, -0.2) is 10.4 Å². The molecule has 0 unspecified atom stereocenters. The molecule has 0 bridgehead atoms. The molecular formula is C17H14N2O2. The van der Waals surface area contributed by atoms with Gasteiger partial charge in [-0.15, -0.1) is 0 Å². The predicted octanol–water partition coefficient (Wildman–Crippen LogP) is 2.54. The number of fused-ring (bicyclic) bond motifs is 1. The average molecular weight is 278 g/mol. The quantitative estimate of drug-likeness (QED) is 0.793. The lowest BCUT2D eigenvalue weighted by atomic mass is 10.00. The van der Waals surface area contributed by atoms with E-state index >= 15 is 0 Å². The molecule has 1 aromatic carbocycles. The normalized spacial score (nSPS) is 12.8. The average Bonchev–Trinajstić information content (AvgIpc) is 2.97. The Balaban J connectivity index is 2.29. The molecule has 0 radical (unpaired) electrons. The van der Waals surface area contributed by atoms with E-state index in [1.807, 2.05) is 0 Å². The summed E-state index contributed by atoms with van der Waals surface area (Å²) in [6, 6.07) is 10.7. The van der Waals surface area contributed by atoms with E-state index in [1.165, 1.54) is 6.92 Å². The Hall–Kier alpha value is -2.67. The highest BCUT2D eigenvalue weighted by atomic mass is 16.1. The van der Waals surface area contributed by atoms with Crippen LogP contribution in [0.2, 0.25) is 0 Å². The van der Waals surface area contributed by atoms with Gasteiger partial charge in [0.1, 0.15) is 0 Å². The maximum absolute atomic E-state index is 12.6. The van der Waals surface area contributed by atoms with Crippen LogP contribution in [0.4, 0.5) is 0 Å². The standard InChI is InChI=1S/C17H14N2O2/c1-11(20)14-9-15(13-5-2-4-12(8-13)10-18)17(21)19-7-3-6-16(14)19/h2,4-5,8-9H,3,6-7H2,1H3. The number of nitrogens with zero attached hydrogens (tertiary/aromatic N) is 2. The fourth-order valence-corrected chi connectivity index (χ4v) is 2.88. The topological polar surface area (TPSA) is 62.9 Å². The van der Waals surface area contributed by atoms with Crippen LogP contribution in [0, 0.1) is 11.3 Å². The minimum atomic E-state index is -0.0809. The zero-order valence-electron chi connectivity index (χ0n) is 11.7. The first-order valence-corrected chi connectivity index (χ1v) is 6.90. The van der Waals surface area contributed by atoms with Gasteiger partial charge >= 0.3 is 0 Å². The first kappa shape index (κ1) is 13.3. The Kier molecular flexibility index (Phi) is 3.19. The second-order valence-corrected chi connectivity index (χ2v) is 5.23. The number of aromatic nitrogens is 1. The number of ketones is 1. The van der Waals surface area contributed by atoms with Gasteiger partial charge in [0.15, 0.2) is 5.78 Å². The summed E-state index contributed by atoms with van der Waals surface area (Å²) in [5.41, 5.74) is 3.05. The largest absolute Gasteiger partial charge is 0.311 e. The molecule has 0 saturated heterocycles. The fourth-order valence-electron chi connectivity index (χ4n) is 2.88. The zero-order chi connectivity index (χ0) is 15.0. The second-order valence-electron chi connectivity index (χ2n) is 5.23. The van der Waals surface area contributed by atoms with E-state index in [2.05, 4.69) is 6.07 Å². The SMILES string of the molecule is CC(=O)c1cc(-c2cccc(C#N)c2)c(=O)n2c1CCC2. The van der Waals surface area contributed by atoms with Gasteiger partial charge in [0.05, 0.1) is 11.6 Å². The fraction of sp³-hybridized carbons (Fsp3) is 0.235. The third kappa shape index (κ3) is 2.17. The molecule has 1 aromatic heterocycles. The summed E-state index contributed by atoms with van der Waals surface area (Å²) in [6.07, 6.45) is 1.65. The molecule has 0 fully saturated rings. The number of hydrogen-bond acceptors (Lipinski definition) is 3. The first-order valence-electron chi connectivity index (χ1n) is 6.90. The minimum Gasteiger partial charge on any atom is -0.311 e. The summed E-state index contributed by atoms with van der Waals surface area (Å²) in [6.45, 7) is 2.18. The van der Waals surface area contributed by atoms with Gasteiger partial charge in [-0.25, -0.2) is 0 Å². The molecule has 2 aromatic rings. The third-order valence-corrected chi connectivity index (χ3v) is 3.88. The Morgan fingerprint density at radius 3 is 2.86 bits per heavy atom. The van der Waals surface area contributed by atoms with Crippen molar-refractivity contribution < 1.29 is 4.79 Å². The van der Waals surface area contributed by atoms with Crippen LogP contribution >= 0.6 is 0 Å². The second kappa shape index (κ2) is 5.02. The van der Waals surface area contributed by atoms with E-state index in [4.69, 9.17) is 5.26 Å². The van der Waals surface area contributed by atoms with Gasteiger partial charge < -0.3 is 4.57 Å². The molecular weight excluding hydrogens is 264 g/mol. The van der Waals surface area contributed by atoms with Crippen LogP contribution in [-0.2, 0) is 13.0 Å². The van der Waals surface area contributed by atoms with Gasteiger partial charge in [-0.3, -0.25) is 9.59 Å². The molecule has 0 amide bonds. The molecule has 104 valence electrons. The minimum absolute atomic E-state index is 0.0293. The first-order chi connectivity index (χ1) is 10.1. The van der Waals surface area contributed by atoms with Gasteiger partial charge in [-0.2, -0.15) is 5.26 Å². The van der Waals surface area contributed by atoms with Crippen molar-refractivity contribution in [3.05, 3.63) is 57.5 Å². The van der Waals surface area contributed by atoms with E-state index in [0.29, 0.717) is 28.8 Å². The Labute approximate surface area is 122 Å². The van der Waals surface area contributed by atoms with Crippen LogP contribution in [0.3, 0.4) is 0 Å². The molecule has 0 N–H and O–H groups in total. The third-order valence-electron chi connectivity index (χ3n) is 3.88. The number of Topliss-reactive ketones (excluding diaryl/α,β-unsaturated/α-hetero) is 1. The highest BCUT2D eigenvalue weighted by Gasteiger charge is 2.21. The number of pyridine rings is 1. The smallest absolute Gasteiger partial charge is 0.258 e. The Morgan fingerprint density at radius 2 is 2.14 bits per heavy atom. The van der Waals surface area contributed by atoms with Crippen LogP contribution in [0.15, 0.2) is 35.1 Å². The van der Waals surface area contributed by atoms with Gasteiger partial charge in [0, 0.05) is 23.4 Å². The lowest BCUT2D eigenvalue weighted by Crippen LogP contribution is -2.23. The molecule has 21 heavy (non-hydrogen) atoms. The van der Waals surface area contributed by atoms with Crippen LogP contribution < -0.4 is 5.56 Å². The lowest BCUT2D eigenvalue weighted by molar-refractivity contribution is 0.101. The summed E-state index contributed by atoms with van der Waals surface area (Å²) in [4.78, 5) is 24.5. The molecule has 1 aliphatic heterocycles. The molecule has 0 atom stereocenters. The summed E-state index contributed by atoms with van der Waals surface area (Å²) in [5, 5.41) is 8.99. The highest BCUT2D eigenvalue weighted by Crippen LogP contribution is 2.24. The maximum atomic E-state index is 12.6. The van der Waals surface area contributed by atoms with Crippen molar-refractivity contribution in [3.8, 4) is 17.2 Å². The number of nitriles is 1. The molecule has 0 aliphatic carbocycles. The monoisotopic (exact) mass is 278 g/mol. The molecule has 3 rings (SSSR count). The molecule has 0 saturated carbocycles. The summed E-state index contributed by atoms with van der Waals surface area (Å²) in [5.74, 6) is -0.0293. The van der Waals surface area contributed by atoms with E-state index in [1.54, 1.807) is 34.9 Å². The summed E-state index contributed by atoms with van der Waals surface area (Å²) < 4.78 is 1.70. The van der Waals surface area contributed by atoms with Crippen molar-refractivity contribution in [2.75, 3.05) is 0 Å². The van der Waals surface area contributed by atoms with Crippen molar-refractivity contribution in [2.45, 2.75) is 26.3 Å². The van der Waals surface area contributed by atoms with E-state index in [9.17, 15) is 9.59 Å². The molecule has 4 nitrogen and oxygen atoms in total. The summed E-state index contributed by atoms with van der Waals surface area (Å²) in [7, 11) is 0. The number of benzene rings is 1. The van der Waals surface area contributed by atoms with Gasteiger partial charge in [-0.05, 0) is 43.5 Å². The summed E-state index contributed by atoms with van der Waals surface area (Å²) >= 11 is 0. The zero-order valence-corrected chi connectivity index (χ0v) is 11.7. The Bertz CT molecular complexity index is 841. The molecule has 1 aliphatic rings. The number of hydrogen-bond donors (Lipinski definition) is 0. The van der Waals surface area contributed by atoms with Crippen molar-refractivity contribution in [1.82, 2.24) is 4.57 Å². The van der Waals surface area contributed by atoms with Crippen molar-refractivity contribution in [2.24, 2.45) is 0 Å². The maximum Gasteiger partial charge on any atom is 0.258 e. The van der Waals surface area contributed by atoms with E-state index in [0.717, 1.165) is 18.5 Å². The number of carbonyl (C=O) groups is 1. The van der Waals surface area contributed by atoms with Crippen LogP contribution in [0.1, 0.15) is 35.0 Å². The predicted molar refractivity (Wildman–Crippen MR) is 79.2 cm³/mol. The van der Waals surface area contributed by atoms with Crippen molar-refractivity contribution in [1.29, 1.82) is 5.26 Å².